The lowest BCUT2D eigenvalue weighted by atomic mass is 10.1. The van der Waals surface area contributed by atoms with E-state index in [1.807, 2.05) is 0 Å². The molecule has 5 nitrogen and oxygen atoms in total. The number of carbonyl (C=O) groups is 1. The maximum absolute atomic E-state index is 13.2. The van der Waals surface area contributed by atoms with Crippen LogP contribution in [-0.4, -0.2) is 40.3 Å². The number of halogens is 1. The van der Waals surface area contributed by atoms with Gasteiger partial charge < -0.3 is 10.0 Å². The van der Waals surface area contributed by atoms with Gasteiger partial charge >= 0.3 is 5.97 Å². The Morgan fingerprint density at radius 2 is 2.32 bits per heavy atom. The van der Waals surface area contributed by atoms with Crippen molar-refractivity contribution >= 4 is 22.8 Å². The molecule has 0 bridgehead atoms. The summed E-state index contributed by atoms with van der Waals surface area (Å²) in [5.74, 6) is -0.554. The molecule has 3 rings (SSSR count). The third-order valence-electron chi connectivity index (χ3n) is 3.26. The largest absolute Gasteiger partial charge is 0.478 e. The van der Waals surface area contributed by atoms with E-state index >= 15 is 0 Å². The number of hydrogen-bond donors (Lipinski definition) is 1. The summed E-state index contributed by atoms with van der Waals surface area (Å²) in [5, 5.41) is 9.58. The van der Waals surface area contributed by atoms with Gasteiger partial charge in [-0.2, -0.15) is 0 Å². The van der Waals surface area contributed by atoms with Gasteiger partial charge in [0, 0.05) is 18.1 Å². The molecule has 0 amide bonds. The van der Waals surface area contributed by atoms with Gasteiger partial charge in [0.2, 0.25) is 5.95 Å². The molecule has 1 fully saturated rings. The van der Waals surface area contributed by atoms with E-state index in [2.05, 4.69) is 9.97 Å². The fraction of sp³-hybridized carbons (Fsp3) is 0.308. The Kier molecular flexibility index (Phi) is 2.77. The second kappa shape index (κ2) is 4.46. The SMILES string of the molecule is O=C(O)c1cccc2nc(N3CCC(F)C3)ncc12. The number of aromatic nitrogens is 2. The van der Waals surface area contributed by atoms with Gasteiger partial charge in [0.15, 0.2) is 0 Å². The second-order valence-corrected chi connectivity index (χ2v) is 4.55. The molecule has 1 unspecified atom stereocenters. The minimum absolute atomic E-state index is 0.175. The van der Waals surface area contributed by atoms with Crippen molar-refractivity contribution in [3.8, 4) is 0 Å². The first kappa shape index (κ1) is 11.8. The maximum atomic E-state index is 13.2. The van der Waals surface area contributed by atoms with Crippen LogP contribution < -0.4 is 4.90 Å². The van der Waals surface area contributed by atoms with Gasteiger partial charge in [0.25, 0.3) is 0 Å². The number of benzene rings is 1. The summed E-state index contributed by atoms with van der Waals surface area (Å²) >= 11 is 0. The molecule has 0 spiro atoms. The Balaban J connectivity index is 2.04. The molecule has 1 aliphatic heterocycles. The number of hydrogen-bond acceptors (Lipinski definition) is 4. The maximum Gasteiger partial charge on any atom is 0.336 e. The van der Waals surface area contributed by atoms with Crippen LogP contribution in [0.2, 0.25) is 0 Å². The van der Waals surface area contributed by atoms with Crippen molar-refractivity contribution in [2.45, 2.75) is 12.6 Å². The number of fused-ring (bicyclic) bond motifs is 1. The Morgan fingerprint density at radius 1 is 1.47 bits per heavy atom. The average molecular weight is 261 g/mol. The molecule has 1 saturated heterocycles. The van der Waals surface area contributed by atoms with Crippen LogP contribution in [0.5, 0.6) is 0 Å². The van der Waals surface area contributed by atoms with E-state index in [-0.39, 0.29) is 5.56 Å². The van der Waals surface area contributed by atoms with E-state index < -0.39 is 12.1 Å². The minimum Gasteiger partial charge on any atom is -0.478 e. The second-order valence-electron chi connectivity index (χ2n) is 4.55. The first-order valence-electron chi connectivity index (χ1n) is 6.03. The highest BCUT2D eigenvalue weighted by Crippen LogP contribution is 2.22. The fourth-order valence-electron chi connectivity index (χ4n) is 2.28. The van der Waals surface area contributed by atoms with Crippen LogP contribution in [0.25, 0.3) is 10.9 Å². The van der Waals surface area contributed by atoms with Gasteiger partial charge in [0.05, 0.1) is 17.6 Å². The lowest BCUT2D eigenvalue weighted by Crippen LogP contribution is -2.22. The Bertz CT molecular complexity index is 647. The zero-order valence-electron chi connectivity index (χ0n) is 10.1. The Morgan fingerprint density at radius 3 is 3.00 bits per heavy atom. The van der Waals surface area contributed by atoms with E-state index in [4.69, 9.17) is 5.11 Å². The van der Waals surface area contributed by atoms with Crippen LogP contribution in [0.3, 0.4) is 0 Å². The summed E-state index contributed by atoms with van der Waals surface area (Å²) in [6.07, 6.45) is 1.13. The van der Waals surface area contributed by atoms with Crippen LogP contribution in [0.4, 0.5) is 10.3 Å². The average Bonchev–Trinajstić information content (AvgIpc) is 2.84. The topological polar surface area (TPSA) is 66.3 Å². The molecule has 1 aromatic carbocycles. The summed E-state index contributed by atoms with van der Waals surface area (Å²) in [6, 6.07) is 4.89. The van der Waals surface area contributed by atoms with Gasteiger partial charge in [-0.1, -0.05) is 6.07 Å². The molecule has 0 radical (unpaired) electrons. The van der Waals surface area contributed by atoms with E-state index in [9.17, 15) is 9.18 Å². The molecule has 0 aliphatic carbocycles. The van der Waals surface area contributed by atoms with Crippen LogP contribution in [0.15, 0.2) is 24.4 Å². The number of aromatic carboxylic acids is 1. The predicted octanol–water partition coefficient (Wildman–Crippen LogP) is 1.88. The van der Waals surface area contributed by atoms with Gasteiger partial charge in [-0.3, -0.25) is 0 Å². The van der Waals surface area contributed by atoms with E-state index in [1.54, 1.807) is 17.0 Å². The minimum atomic E-state index is -1.01. The van der Waals surface area contributed by atoms with Crippen molar-refractivity contribution in [3.05, 3.63) is 30.0 Å². The molecule has 0 saturated carbocycles. The standard InChI is InChI=1S/C13H12FN3O2/c14-8-4-5-17(7-8)13-15-6-10-9(12(18)19)2-1-3-11(10)16-13/h1-3,6,8H,4-5,7H2,(H,18,19). The number of nitrogens with zero attached hydrogens (tertiary/aromatic N) is 3. The Hall–Kier alpha value is -2.24. The zero-order chi connectivity index (χ0) is 13.4. The highest BCUT2D eigenvalue weighted by atomic mass is 19.1. The van der Waals surface area contributed by atoms with Crippen molar-refractivity contribution in [1.29, 1.82) is 0 Å². The number of anilines is 1. The van der Waals surface area contributed by atoms with E-state index in [1.165, 1.54) is 12.3 Å². The molecule has 19 heavy (non-hydrogen) atoms. The van der Waals surface area contributed by atoms with Crippen LogP contribution in [0, 0.1) is 0 Å². The highest BCUT2D eigenvalue weighted by Gasteiger charge is 2.24. The van der Waals surface area contributed by atoms with Gasteiger partial charge in [0.1, 0.15) is 6.17 Å². The summed E-state index contributed by atoms with van der Waals surface area (Å²) < 4.78 is 13.2. The van der Waals surface area contributed by atoms with Crippen molar-refractivity contribution < 1.29 is 14.3 Å². The first-order valence-corrected chi connectivity index (χ1v) is 6.03. The molecule has 2 aromatic rings. The van der Waals surface area contributed by atoms with Gasteiger partial charge in [-0.15, -0.1) is 0 Å². The van der Waals surface area contributed by atoms with Crippen molar-refractivity contribution in [3.63, 3.8) is 0 Å². The molecule has 6 heteroatoms. The molecular weight excluding hydrogens is 249 g/mol. The summed E-state index contributed by atoms with van der Waals surface area (Å²) in [6.45, 7) is 0.884. The molecule has 98 valence electrons. The summed E-state index contributed by atoms with van der Waals surface area (Å²) in [4.78, 5) is 21.3. The molecule has 1 aliphatic rings. The highest BCUT2D eigenvalue weighted by molar-refractivity contribution is 6.02. The lowest BCUT2D eigenvalue weighted by Gasteiger charge is -2.15. The third kappa shape index (κ3) is 2.09. The molecule has 1 aromatic heterocycles. The predicted molar refractivity (Wildman–Crippen MR) is 68.2 cm³/mol. The Labute approximate surface area is 108 Å². The number of alkyl halides is 1. The third-order valence-corrected chi connectivity index (χ3v) is 3.26. The molecule has 1 N–H and O–H groups in total. The summed E-state index contributed by atoms with van der Waals surface area (Å²) in [5.41, 5.74) is 0.737. The number of carboxylic acids is 1. The van der Waals surface area contributed by atoms with Gasteiger partial charge in [-0.25, -0.2) is 19.2 Å². The van der Waals surface area contributed by atoms with Crippen LogP contribution >= 0.6 is 0 Å². The van der Waals surface area contributed by atoms with Crippen LogP contribution in [0.1, 0.15) is 16.8 Å². The van der Waals surface area contributed by atoms with Crippen molar-refractivity contribution in [2.75, 3.05) is 18.0 Å². The number of carboxylic acid groups (broad SMARTS) is 1. The molecular formula is C13H12FN3O2. The first-order chi connectivity index (χ1) is 9.15. The monoisotopic (exact) mass is 261 g/mol. The zero-order valence-corrected chi connectivity index (χ0v) is 10.1. The summed E-state index contributed by atoms with van der Waals surface area (Å²) in [7, 11) is 0. The van der Waals surface area contributed by atoms with Crippen LogP contribution in [-0.2, 0) is 0 Å². The molecule has 1 atom stereocenters. The van der Waals surface area contributed by atoms with Gasteiger partial charge in [-0.05, 0) is 18.6 Å². The fourth-order valence-corrected chi connectivity index (χ4v) is 2.28. The van der Waals surface area contributed by atoms with E-state index in [0.717, 1.165) is 0 Å². The smallest absolute Gasteiger partial charge is 0.336 e. The quantitative estimate of drug-likeness (QED) is 0.894. The lowest BCUT2D eigenvalue weighted by molar-refractivity contribution is 0.0699. The van der Waals surface area contributed by atoms with E-state index in [0.29, 0.717) is 36.4 Å². The van der Waals surface area contributed by atoms with Crippen molar-refractivity contribution in [1.82, 2.24) is 9.97 Å². The normalized spacial score (nSPS) is 19.0. The van der Waals surface area contributed by atoms with Crippen molar-refractivity contribution in [2.24, 2.45) is 0 Å². The molecule has 2 heterocycles. The number of rotatable bonds is 2.